The van der Waals surface area contributed by atoms with Gasteiger partial charge in [0.2, 0.25) is 17.8 Å². The molecule has 2 rings (SSSR count). The summed E-state index contributed by atoms with van der Waals surface area (Å²) >= 11 is 0. The predicted molar refractivity (Wildman–Crippen MR) is 74.8 cm³/mol. The highest BCUT2D eigenvalue weighted by Gasteiger charge is 2.31. The van der Waals surface area contributed by atoms with Crippen molar-refractivity contribution >= 4 is 17.8 Å². The Morgan fingerprint density at radius 2 is 2.33 bits per heavy atom. The molecule has 1 unspecified atom stereocenters. The molecule has 0 aromatic carbocycles. The molecule has 116 valence electrons. The number of ether oxygens (including phenoxy) is 2. The molecule has 4 N–H and O–H groups in total. The maximum Gasteiger partial charge on any atom is 0.322 e. The molecule has 1 saturated heterocycles. The summed E-state index contributed by atoms with van der Waals surface area (Å²) in [4.78, 5) is 26.1. The van der Waals surface area contributed by atoms with Gasteiger partial charge in [0, 0.05) is 13.1 Å². The molecule has 0 bridgehead atoms. The van der Waals surface area contributed by atoms with E-state index in [-0.39, 0.29) is 24.5 Å². The largest absolute Gasteiger partial charge is 0.467 e. The number of methoxy groups -OCH3 is 1. The Morgan fingerprint density at radius 1 is 1.52 bits per heavy atom. The van der Waals surface area contributed by atoms with Crippen LogP contribution < -0.4 is 26.2 Å². The number of amides is 1. The highest BCUT2D eigenvalue weighted by molar-refractivity contribution is 5.85. The molecule has 1 aromatic heterocycles. The zero-order valence-electron chi connectivity index (χ0n) is 12.0. The average molecular weight is 297 g/mol. The summed E-state index contributed by atoms with van der Waals surface area (Å²) in [5, 5.41) is 2.77. The molecular weight excluding hydrogens is 278 g/mol. The molecule has 0 spiro atoms. The van der Waals surface area contributed by atoms with Crippen LogP contribution in [0.4, 0.5) is 11.9 Å². The van der Waals surface area contributed by atoms with Gasteiger partial charge in [0.15, 0.2) is 0 Å². The number of likely N-dealkylation sites (N-methyl/N-ethyl adjacent to an activating group) is 1. The minimum Gasteiger partial charge on any atom is -0.467 e. The number of nitrogens with one attached hydrogen (secondary N) is 2. The van der Waals surface area contributed by atoms with Gasteiger partial charge in [-0.25, -0.2) is 5.84 Å². The van der Waals surface area contributed by atoms with Gasteiger partial charge in [0.05, 0.1) is 20.3 Å². The van der Waals surface area contributed by atoms with Crippen molar-refractivity contribution in [3.8, 4) is 6.01 Å². The van der Waals surface area contributed by atoms with E-state index in [4.69, 9.17) is 15.3 Å². The van der Waals surface area contributed by atoms with E-state index in [0.29, 0.717) is 25.6 Å². The number of rotatable bonds is 5. The molecule has 0 aliphatic carbocycles. The number of nitrogen functional groups attached to an aromatic ring is 1. The van der Waals surface area contributed by atoms with Crippen LogP contribution in [-0.2, 0) is 9.53 Å². The van der Waals surface area contributed by atoms with Crippen LogP contribution >= 0.6 is 0 Å². The Kier molecular flexibility index (Phi) is 5.06. The van der Waals surface area contributed by atoms with E-state index in [2.05, 4.69) is 25.7 Å². The minimum absolute atomic E-state index is 0.120. The second-order valence-electron chi connectivity index (χ2n) is 4.27. The number of aromatic nitrogens is 3. The van der Waals surface area contributed by atoms with Crippen LogP contribution in [0.5, 0.6) is 6.01 Å². The number of nitrogens with zero attached hydrogens (tertiary/aromatic N) is 4. The lowest BCUT2D eigenvalue weighted by molar-refractivity contribution is -0.124. The van der Waals surface area contributed by atoms with Gasteiger partial charge in [-0.1, -0.05) is 0 Å². The zero-order chi connectivity index (χ0) is 15.2. The number of hydrogen-bond acceptors (Lipinski definition) is 9. The molecule has 0 radical (unpaired) electrons. The van der Waals surface area contributed by atoms with Gasteiger partial charge < -0.3 is 19.7 Å². The number of nitrogens with two attached hydrogens (primary N) is 1. The van der Waals surface area contributed by atoms with E-state index in [1.807, 2.05) is 6.92 Å². The Labute approximate surface area is 122 Å². The molecule has 1 atom stereocenters. The van der Waals surface area contributed by atoms with E-state index >= 15 is 0 Å². The SMILES string of the molecule is CCNC(=O)C1COCCN1c1nc(NN)nc(OC)n1. The number of carbonyl (C=O) groups is 1. The second kappa shape index (κ2) is 6.99. The van der Waals surface area contributed by atoms with Gasteiger partial charge in [-0.05, 0) is 6.92 Å². The number of hydrogen-bond donors (Lipinski definition) is 3. The molecule has 1 fully saturated rings. The van der Waals surface area contributed by atoms with E-state index in [1.54, 1.807) is 4.90 Å². The van der Waals surface area contributed by atoms with Gasteiger partial charge in [0.25, 0.3) is 0 Å². The van der Waals surface area contributed by atoms with E-state index in [1.165, 1.54) is 7.11 Å². The van der Waals surface area contributed by atoms with Gasteiger partial charge in [-0.3, -0.25) is 10.2 Å². The monoisotopic (exact) mass is 297 g/mol. The van der Waals surface area contributed by atoms with Gasteiger partial charge in [0.1, 0.15) is 6.04 Å². The van der Waals surface area contributed by atoms with E-state index < -0.39 is 6.04 Å². The first kappa shape index (κ1) is 15.2. The van der Waals surface area contributed by atoms with Crippen molar-refractivity contribution in [1.29, 1.82) is 0 Å². The molecule has 2 heterocycles. The smallest absolute Gasteiger partial charge is 0.322 e. The number of carbonyl (C=O) groups excluding carboxylic acids is 1. The van der Waals surface area contributed by atoms with Crippen molar-refractivity contribution in [2.24, 2.45) is 5.84 Å². The summed E-state index contributed by atoms with van der Waals surface area (Å²) in [6.07, 6.45) is 0. The number of morpholine rings is 1. The van der Waals surface area contributed by atoms with Crippen molar-refractivity contribution in [2.75, 3.05) is 43.7 Å². The third kappa shape index (κ3) is 3.47. The fourth-order valence-corrected chi connectivity index (χ4v) is 1.98. The minimum atomic E-state index is -0.503. The maximum absolute atomic E-state index is 12.1. The number of hydrazine groups is 1. The predicted octanol–water partition coefficient (Wildman–Crippen LogP) is -1.49. The second-order valence-corrected chi connectivity index (χ2v) is 4.27. The van der Waals surface area contributed by atoms with Crippen molar-refractivity contribution in [2.45, 2.75) is 13.0 Å². The molecular formula is C11H19N7O3. The van der Waals surface area contributed by atoms with E-state index in [9.17, 15) is 4.79 Å². The summed E-state index contributed by atoms with van der Waals surface area (Å²) in [7, 11) is 1.44. The van der Waals surface area contributed by atoms with Gasteiger partial charge >= 0.3 is 6.01 Å². The molecule has 1 aromatic rings. The summed E-state index contributed by atoms with van der Waals surface area (Å²) in [6, 6.07) is -0.384. The summed E-state index contributed by atoms with van der Waals surface area (Å²) in [5.41, 5.74) is 2.35. The average Bonchev–Trinajstić information content (AvgIpc) is 2.54. The lowest BCUT2D eigenvalue weighted by Crippen LogP contribution is -2.54. The normalized spacial score (nSPS) is 18.2. The molecule has 10 heteroatoms. The molecule has 1 amide bonds. The topological polar surface area (TPSA) is 128 Å². The Bertz CT molecular complexity index is 476. The Hall–Kier alpha value is -2.20. The fraction of sp³-hybridized carbons (Fsp3) is 0.636. The fourth-order valence-electron chi connectivity index (χ4n) is 1.98. The summed E-state index contributed by atoms with van der Waals surface area (Å²) < 4.78 is 10.4. The van der Waals surface area contributed by atoms with Crippen LogP contribution in [0.2, 0.25) is 0 Å². The molecule has 1 aliphatic rings. The lowest BCUT2D eigenvalue weighted by atomic mass is 10.2. The molecule has 10 nitrogen and oxygen atoms in total. The third-order valence-corrected chi connectivity index (χ3v) is 2.95. The summed E-state index contributed by atoms with van der Waals surface area (Å²) in [6.45, 7) is 3.63. The van der Waals surface area contributed by atoms with E-state index in [0.717, 1.165) is 0 Å². The van der Waals surface area contributed by atoms with Crippen LogP contribution in [-0.4, -0.2) is 60.3 Å². The Morgan fingerprint density at radius 3 is 3.00 bits per heavy atom. The van der Waals surface area contributed by atoms with Crippen LogP contribution in [0.15, 0.2) is 0 Å². The first-order valence-electron chi connectivity index (χ1n) is 6.58. The molecule has 1 aliphatic heterocycles. The first-order valence-corrected chi connectivity index (χ1v) is 6.58. The van der Waals surface area contributed by atoms with Crippen LogP contribution in [0, 0.1) is 0 Å². The first-order chi connectivity index (χ1) is 10.2. The quantitative estimate of drug-likeness (QED) is 0.439. The van der Waals surface area contributed by atoms with Crippen LogP contribution in [0.1, 0.15) is 6.92 Å². The Balaban J connectivity index is 2.30. The molecule has 0 saturated carbocycles. The highest BCUT2D eigenvalue weighted by atomic mass is 16.5. The maximum atomic E-state index is 12.1. The number of anilines is 2. The zero-order valence-corrected chi connectivity index (χ0v) is 12.0. The lowest BCUT2D eigenvalue weighted by Gasteiger charge is -2.34. The van der Waals surface area contributed by atoms with Gasteiger partial charge in [-0.15, -0.1) is 0 Å². The standard InChI is InChI=1S/C11H19N7O3/c1-3-13-8(19)7-6-21-5-4-18(7)10-14-9(17-12)15-11(16-10)20-2/h7H,3-6,12H2,1-2H3,(H,13,19)(H,14,15,16,17). The van der Waals surface area contributed by atoms with Crippen molar-refractivity contribution in [1.82, 2.24) is 20.3 Å². The van der Waals surface area contributed by atoms with Crippen molar-refractivity contribution in [3.05, 3.63) is 0 Å². The van der Waals surface area contributed by atoms with Crippen LogP contribution in [0.25, 0.3) is 0 Å². The molecule has 21 heavy (non-hydrogen) atoms. The highest BCUT2D eigenvalue weighted by Crippen LogP contribution is 2.19. The van der Waals surface area contributed by atoms with Crippen molar-refractivity contribution < 1.29 is 14.3 Å². The van der Waals surface area contributed by atoms with Crippen LogP contribution in [0.3, 0.4) is 0 Å². The third-order valence-electron chi connectivity index (χ3n) is 2.95. The van der Waals surface area contributed by atoms with Crippen molar-refractivity contribution in [3.63, 3.8) is 0 Å². The summed E-state index contributed by atoms with van der Waals surface area (Å²) in [5.74, 6) is 5.67. The van der Waals surface area contributed by atoms with Gasteiger partial charge in [-0.2, -0.15) is 15.0 Å².